The predicted octanol–water partition coefficient (Wildman–Crippen LogP) is 1.44. The number of carboxylic acid groups (broad SMARTS) is 1. The summed E-state index contributed by atoms with van der Waals surface area (Å²) in [5, 5.41) is 8.93. The Kier molecular flexibility index (Phi) is 4.55. The molecule has 0 aliphatic rings. The summed E-state index contributed by atoms with van der Waals surface area (Å²) in [5.41, 5.74) is 5.43. The summed E-state index contributed by atoms with van der Waals surface area (Å²) in [7, 11) is 3.13. The molecule has 0 bridgehead atoms. The first kappa shape index (κ1) is 14.3. The number of carbonyl (C=O) groups is 1. The highest BCUT2D eigenvalue weighted by Gasteiger charge is 2.27. The van der Waals surface area contributed by atoms with Crippen molar-refractivity contribution in [2.75, 3.05) is 14.2 Å². The van der Waals surface area contributed by atoms with Crippen LogP contribution in [0.1, 0.15) is 18.9 Å². The number of methoxy groups -OCH3 is 2. The number of ether oxygens (including phenoxy) is 2. The molecular formula is C13H19NO4. The molecule has 0 aromatic heterocycles. The third-order valence-corrected chi connectivity index (χ3v) is 2.87. The predicted molar refractivity (Wildman–Crippen MR) is 68.1 cm³/mol. The van der Waals surface area contributed by atoms with Gasteiger partial charge in [-0.25, -0.2) is 0 Å². The van der Waals surface area contributed by atoms with Crippen molar-refractivity contribution < 1.29 is 19.4 Å². The minimum Gasteiger partial charge on any atom is -0.493 e. The number of hydrogen-bond acceptors (Lipinski definition) is 4. The molecule has 0 aliphatic carbocycles. The average Bonchev–Trinajstić information content (AvgIpc) is 2.35. The van der Waals surface area contributed by atoms with E-state index in [1.54, 1.807) is 20.3 Å². The van der Waals surface area contributed by atoms with E-state index in [4.69, 9.17) is 20.3 Å². The fourth-order valence-corrected chi connectivity index (χ4v) is 1.55. The third-order valence-electron chi connectivity index (χ3n) is 2.87. The first-order chi connectivity index (χ1) is 8.40. The van der Waals surface area contributed by atoms with Crippen LogP contribution in [0.3, 0.4) is 0 Å². The topological polar surface area (TPSA) is 81.8 Å². The summed E-state index contributed by atoms with van der Waals surface area (Å²) >= 11 is 0. The zero-order valence-electron chi connectivity index (χ0n) is 10.9. The van der Waals surface area contributed by atoms with Crippen molar-refractivity contribution in [3.8, 4) is 11.5 Å². The molecule has 0 radical (unpaired) electrons. The molecule has 100 valence electrons. The highest BCUT2D eigenvalue weighted by atomic mass is 16.5. The van der Waals surface area contributed by atoms with E-state index >= 15 is 0 Å². The Morgan fingerprint density at radius 2 is 1.94 bits per heavy atom. The second-order valence-corrected chi connectivity index (χ2v) is 4.41. The van der Waals surface area contributed by atoms with E-state index in [-0.39, 0.29) is 0 Å². The molecule has 0 saturated heterocycles. The molecule has 5 nitrogen and oxygen atoms in total. The second kappa shape index (κ2) is 5.73. The van der Waals surface area contributed by atoms with Crippen LogP contribution in [-0.2, 0) is 11.2 Å². The fraction of sp³-hybridized carbons (Fsp3) is 0.462. The van der Waals surface area contributed by atoms with Gasteiger partial charge in [0.25, 0.3) is 0 Å². The lowest BCUT2D eigenvalue weighted by atomic mass is 9.94. The van der Waals surface area contributed by atoms with E-state index in [0.717, 1.165) is 5.56 Å². The van der Waals surface area contributed by atoms with Crippen molar-refractivity contribution >= 4 is 5.97 Å². The van der Waals surface area contributed by atoms with Crippen molar-refractivity contribution in [2.24, 2.45) is 5.73 Å². The highest BCUT2D eigenvalue weighted by molar-refractivity contribution is 5.77. The normalized spacial score (nSPS) is 13.8. The molecular weight excluding hydrogens is 234 g/mol. The van der Waals surface area contributed by atoms with Crippen LogP contribution in [0.4, 0.5) is 0 Å². The summed E-state index contributed by atoms with van der Waals surface area (Å²) < 4.78 is 10.3. The van der Waals surface area contributed by atoms with Gasteiger partial charge in [0, 0.05) is 0 Å². The van der Waals surface area contributed by atoms with Gasteiger partial charge in [0.15, 0.2) is 11.5 Å². The van der Waals surface area contributed by atoms with Gasteiger partial charge in [0.2, 0.25) is 0 Å². The highest BCUT2D eigenvalue weighted by Crippen LogP contribution is 2.28. The SMILES string of the molecule is COc1ccc(CC[C@](C)(N)C(=O)O)cc1OC. The number of hydrogen-bond donors (Lipinski definition) is 2. The van der Waals surface area contributed by atoms with E-state index in [0.29, 0.717) is 24.3 Å². The van der Waals surface area contributed by atoms with Crippen molar-refractivity contribution in [3.63, 3.8) is 0 Å². The Morgan fingerprint density at radius 1 is 1.33 bits per heavy atom. The Balaban J connectivity index is 2.77. The first-order valence-electron chi connectivity index (χ1n) is 5.64. The van der Waals surface area contributed by atoms with Gasteiger partial charge < -0.3 is 20.3 Å². The third kappa shape index (κ3) is 3.37. The largest absolute Gasteiger partial charge is 0.493 e. The number of aryl methyl sites for hydroxylation is 1. The number of nitrogens with two attached hydrogens (primary N) is 1. The second-order valence-electron chi connectivity index (χ2n) is 4.41. The van der Waals surface area contributed by atoms with Crippen molar-refractivity contribution in [2.45, 2.75) is 25.3 Å². The van der Waals surface area contributed by atoms with Crippen LogP contribution in [0.5, 0.6) is 11.5 Å². The van der Waals surface area contributed by atoms with E-state index in [9.17, 15) is 4.79 Å². The van der Waals surface area contributed by atoms with Gasteiger partial charge in [-0.3, -0.25) is 4.79 Å². The quantitative estimate of drug-likeness (QED) is 0.801. The van der Waals surface area contributed by atoms with Crippen molar-refractivity contribution in [1.29, 1.82) is 0 Å². The maximum atomic E-state index is 10.9. The van der Waals surface area contributed by atoms with E-state index in [1.807, 2.05) is 12.1 Å². The molecule has 1 atom stereocenters. The van der Waals surface area contributed by atoms with Crippen LogP contribution in [0.25, 0.3) is 0 Å². The molecule has 5 heteroatoms. The molecule has 0 unspecified atom stereocenters. The lowest BCUT2D eigenvalue weighted by molar-refractivity contribution is -0.142. The zero-order chi connectivity index (χ0) is 13.8. The Hall–Kier alpha value is -1.75. The monoisotopic (exact) mass is 253 g/mol. The minimum atomic E-state index is -1.22. The summed E-state index contributed by atoms with van der Waals surface area (Å²) in [6.45, 7) is 1.51. The van der Waals surface area contributed by atoms with Gasteiger partial charge in [-0.05, 0) is 37.5 Å². The number of carboxylic acids is 1. The molecule has 3 N–H and O–H groups in total. The number of aliphatic carboxylic acids is 1. The van der Waals surface area contributed by atoms with Gasteiger partial charge in [-0.15, -0.1) is 0 Å². The molecule has 1 rings (SSSR count). The smallest absolute Gasteiger partial charge is 0.323 e. The summed E-state index contributed by atoms with van der Waals surface area (Å²) in [6, 6.07) is 5.50. The van der Waals surface area contributed by atoms with Gasteiger partial charge >= 0.3 is 5.97 Å². The molecule has 1 aromatic carbocycles. The molecule has 0 fully saturated rings. The molecule has 18 heavy (non-hydrogen) atoms. The maximum Gasteiger partial charge on any atom is 0.323 e. The summed E-state index contributed by atoms with van der Waals surface area (Å²) in [4.78, 5) is 10.9. The van der Waals surface area contributed by atoms with Crippen LogP contribution in [-0.4, -0.2) is 30.8 Å². The molecule has 0 amide bonds. The van der Waals surface area contributed by atoms with Crippen molar-refractivity contribution in [3.05, 3.63) is 23.8 Å². The summed E-state index contributed by atoms with van der Waals surface area (Å²) in [5.74, 6) is 0.280. The van der Waals surface area contributed by atoms with Crippen LogP contribution >= 0.6 is 0 Å². The van der Waals surface area contributed by atoms with Crippen molar-refractivity contribution in [1.82, 2.24) is 0 Å². The van der Waals surface area contributed by atoms with Crippen LogP contribution in [0.15, 0.2) is 18.2 Å². The van der Waals surface area contributed by atoms with E-state index in [2.05, 4.69) is 0 Å². The first-order valence-corrected chi connectivity index (χ1v) is 5.64. The summed E-state index contributed by atoms with van der Waals surface area (Å²) in [6.07, 6.45) is 0.928. The maximum absolute atomic E-state index is 10.9. The van der Waals surface area contributed by atoms with Crippen LogP contribution < -0.4 is 15.2 Å². The average molecular weight is 253 g/mol. The van der Waals surface area contributed by atoms with Crippen LogP contribution in [0, 0.1) is 0 Å². The van der Waals surface area contributed by atoms with Gasteiger partial charge in [0.05, 0.1) is 14.2 Å². The fourth-order valence-electron chi connectivity index (χ4n) is 1.55. The molecule has 0 saturated carbocycles. The minimum absolute atomic E-state index is 0.359. The Bertz CT molecular complexity index is 429. The lowest BCUT2D eigenvalue weighted by Gasteiger charge is -2.19. The van der Waals surface area contributed by atoms with E-state index in [1.165, 1.54) is 6.92 Å². The molecule has 1 aromatic rings. The molecule has 0 heterocycles. The molecule has 0 spiro atoms. The van der Waals surface area contributed by atoms with Gasteiger partial charge in [-0.1, -0.05) is 6.07 Å². The standard InChI is InChI=1S/C13H19NO4/c1-13(14,12(15)16)7-6-9-4-5-10(17-2)11(8-9)18-3/h4-5,8H,6-7,14H2,1-3H3,(H,15,16)/t13-/m0/s1. The van der Waals surface area contributed by atoms with Gasteiger partial charge in [-0.2, -0.15) is 0 Å². The van der Waals surface area contributed by atoms with Crippen LogP contribution in [0.2, 0.25) is 0 Å². The van der Waals surface area contributed by atoms with Gasteiger partial charge in [0.1, 0.15) is 5.54 Å². The number of benzene rings is 1. The zero-order valence-corrected chi connectivity index (χ0v) is 10.9. The Morgan fingerprint density at radius 3 is 2.44 bits per heavy atom. The number of rotatable bonds is 6. The van der Waals surface area contributed by atoms with E-state index < -0.39 is 11.5 Å². The molecule has 0 aliphatic heterocycles. The Labute approximate surface area is 107 Å². The lowest BCUT2D eigenvalue weighted by Crippen LogP contribution is -2.45.